The number of benzene rings is 2. The molecule has 0 saturated heterocycles. The molecule has 0 aliphatic rings. The predicted octanol–water partition coefficient (Wildman–Crippen LogP) is 1.87. The third-order valence-electron chi connectivity index (χ3n) is 3.67. The summed E-state index contributed by atoms with van der Waals surface area (Å²) in [5, 5.41) is 19.1. The Morgan fingerprint density at radius 3 is 2.25 bits per heavy atom. The van der Waals surface area contributed by atoms with Crippen molar-refractivity contribution in [3.05, 3.63) is 58.7 Å². The van der Waals surface area contributed by atoms with Crippen LogP contribution in [0.5, 0.6) is 5.75 Å². The second-order valence-corrected chi connectivity index (χ2v) is 5.00. The van der Waals surface area contributed by atoms with Gasteiger partial charge in [0.1, 0.15) is 12.4 Å². The highest BCUT2D eigenvalue weighted by Gasteiger charge is 2.22. The Morgan fingerprint density at radius 2 is 1.65 bits per heavy atom. The van der Waals surface area contributed by atoms with Crippen molar-refractivity contribution < 1.29 is 14.8 Å². The topological polar surface area (TPSA) is 49.7 Å². The van der Waals surface area contributed by atoms with Crippen LogP contribution in [0.2, 0.25) is 0 Å². The van der Waals surface area contributed by atoms with Crippen LogP contribution < -0.4 is 10.2 Å². The molecule has 104 valence electrons. The summed E-state index contributed by atoms with van der Waals surface area (Å²) in [4.78, 5) is 0. The third-order valence-corrected chi connectivity index (χ3v) is 3.67. The molecule has 0 aromatic heterocycles. The van der Waals surface area contributed by atoms with E-state index in [0.717, 1.165) is 22.3 Å². The smallest absolute Gasteiger partial charge is 0.489 e. The molecule has 0 aliphatic heterocycles. The van der Waals surface area contributed by atoms with Gasteiger partial charge in [-0.2, -0.15) is 0 Å². The number of aryl methyl sites for hydroxylation is 1. The Hall–Kier alpha value is -1.78. The van der Waals surface area contributed by atoms with E-state index in [-0.39, 0.29) is 0 Å². The highest BCUT2D eigenvalue weighted by Crippen LogP contribution is 2.20. The molecule has 4 heteroatoms. The fourth-order valence-electron chi connectivity index (χ4n) is 2.24. The summed E-state index contributed by atoms with van der Waals surface area (Å²) < 4.78 is 5.78. The third kappa shape index (κ3) is 3.03. The van der Waals surface area contributed by atoms with Crippen LogP contribution in [0.25, 0.3) is 0 Å². The maximum Gasteiger partial charge on any atom is 0.492 e. The molecule has 2 rings (SSSR count). The van der Waals surface area contributed by atoms with Gasteiger partial charge in [0.25, 0.3) is 0 Å². The van der Waals surface area contributed by atoms with Crippen LogP contribution >= 0.6 is 0 Å². The Labute approximate surface area is 120 Å². The van der Waals surface area contributed by atoms with Gasteiger partial charge in [0, 0.05) is 5.46 Å². The summed E-state index contributed by atoms with van der Waals surface area (Å²) in [7, 11) is -1.53. The molecule has 3 nitrogen and oxygen atoms in total. The van der Waals surface area contributed by atoms with Crippen molar-refractivity contribution in [2.45, 2.75) is 27.4 Å². The van der Waals surface area contributed by atoms with Crippen molar-refractivity contribution >= 4 is 12.6 Å². The average Bonchev–Trinajstić information content (AvgIpc) is 2.43. The van der Waals surface area contributed by atoms with Crippen LogP contribution in [0, 0.1) is 20.8 Å². The monoisotopic (exact) mass is 270 g/mol. The molecule has 0 unspecified atom stereocenters. The van der Waals surface area contributed by atoms with Gasteiger partial charge in [-0.25, -0.2) is 0 Å². The van der Waals surface area contributed by atoms with Gasteiger partial charge in [0.2, 0.25) is 0 Å². The van der Waals surface area contributed by atoms with E-state index in [4.69, 9.17) is 4.74 Å². The van der Waals surface area contributed by atoms with E-state index in [0.29, 0.717) is 17.8 Å². The summed E-state index contributed by atoms with van der Waals surface area (Å²) in [6.07, 6.45) is 0. The van der Waals surface area contributed by atoms with Gasteiger partial charge in [-0.3, -0.25) is 0 Å². The van der Waals surface area contributed by atoms with E-state index in [1.165, 1.54) is 0 Å². The highest BCUT2D eigenvalue weighted by atomic mass is 16.5. The molecule has 0 saturated carbocycles. The second kappa shape index (κ2) is 6.12. The largest absolute Gasteiger partial charge is 0.492 e. The van der Waals surface area contributed by atoms with E-state index >= 15 is 0 Å². The first-order chi connectivity index (χ1) is 9.50. The maximum atomic E-state index is 9.57. The first-order valence-corrected chi connectivity index (χ1v) is 6.64. The molecule has 0 radical (unpaired) electrons. The van der Waals surface area contributed by atoms with Crippen molar-refractivity contribution in [2.75, 3.05) is 0 Å². The Balaban J connectivity index is 2.31. The van der Waals surface area contributed by atoms with Crippen molar-refractivity contribution in [3.8, 4) is 5.75 Å². The molecular formula is C16H19BO3. The maximum absolute atomic E-state index is 9.57. The fourth-order valence-corrected chi connectivity index (χ4v) is 2.24. The average molecular weight is 270 g/mol. The highest BCUT2D eigenvalue weighted by molar-refractivity contribution is 6.60. The standard InChI is InChI=1S/C16H19BO3/c1-11-9-15(16(17(18)19)13(3)12(11)2)20-10-14-7-5-4-6-8-14/h4-9,18-19H,10H2,1-3H3. The van der Waals surface area contributed by atoms with Gasteiger partial charge in [-0.05, 0) is 49.1 Å². The molecule has 2 N–H and O–H groups in total. The van der Waals surface area contributed by atoms with Gasteiger partial charge < -0.3 is 14.8 Å². The van der Waals surface area contributed by atoms with Crippen LogP contribution in [0.4, 0.5) is 0 Å². The Kier molecular flexibility index (Phi) is 4.48. The van der Waals surface area contributed by atoms with Gasteiger partial charge in [0.15, 0.2) is 0 Å². The van der Waals surface area contributed by atoms with Gasteiger partial charge >= 0.3 is 7.12 Å². The van der Waals surface area contributed by atoms with Crippen molar-refractivity contribution in [3.63, 3.8) is 0 Å². The zero-order valence-electron chi connectivity index (χ0n) is 12.1. The number of rotatable bonds is 4. The molecule has 0 atom stereocenters. The van der Waals surface area contributed by atoms with E-state index in [1.807, 2.05) is 57.2 Å². The second-order valence-electron chi connectivity index (χ2n) is 5.00. The summed E-state index contributed by atoms with van der Waals surface area (Å²) in [6.45, 7) is 6.25. The SMILES string of the molecule is Cc1cc(OCc2ccccc2)c(B(O)O)c(C)c1C. The minimum absolute atomic E-state index is 0.405. The van der Waals surface area contributed by atoms with E-state index in [9.17, 15) is 10.0 Å². The molecule has 2 aromatic rings. The number of ether oxygens (including phenoxy) is 1. The fraction of sp³-hybridized carbons (Fsp3) is 0.250. The first kappa shape index (κ1) is 14.6. The molecule has 2 aromatic carbocycles. The van der Waals surface area contributed by atoms with Crippen LogP contribution in [0.1, 0.15) is 22.3 Å². The normalized spacial score (nSPS) is 10.4. The Bertz CT molecular complexity index is 594. The number of hydrogen-bond acceptors (Lipinski definition) is 3. The minimum Gasteiger partial charge on any atom is -0.489 e. The zero-order chi connectivity index (χ0) is 14.7. The lowest BCUT2D eigenvalue weighted by Crippen LogP contribution is -2.34. The summed E-state index contributed by atoms with van der Waals surface area (Å²) in [5.74, 6) is 0.532. The van der Waals surface area contributed by atoms with Gasteiger partial charge in [-0.1, -0.05) is 30.3 Å². The van der Waals surface area contributed by atoms with Gasteiger partial charge in [0.05, 0.1) is 0 Å². The van der Waals surface area contributed by atoms with E-state index < -0.39 is 7.12 Å². The number of hydrogen-bond donors (Lipinski definition) is 2. The van der Waals surface area contributed by atoms with Crippen LogP contribution in [-0.2, 0) is 6.61 Å². The molecule has 0 fully saturated rings. The van der Waals surface area contributed by atoms with E-state index in [1.54, 1.807) is 0 Å². The quantitative estimate of drug-likeness (QED) is 0.834. The minimum atomic E-state index is -1.53. The van der Waals surface area contributed by atoms with Crippen LogP contribution in [0.3, 0.4) is 0 Å². The van der Waals surface area contributed by atoms with Crippen molar-refractivity contribution in [1.82, 2.24) is 0 Å². The van der Waals surface area contributed by atoms with Crippen molar-refractivity contribution in [1.29, 1.82) is 0 Å². The molecule has 0 bridgehead atoms. The molecule has 20 heavy (non-hydrogen) atoms. The predicted molar refractivity (Wildman–Crippen MR) is 81.3 cm³/mol. The van der Waals surface area contributed by atoms with Crippen LogP contribution in [0.15, 0.2) is 36.4 Å². The lowest BCUT2D eigenvalue weighted by molar-refractivity contribution is 0.306. The first-order valence-electron chi connectivity index (χ1n) is 6.64. The molecule has 0 spiro atoms. The summed E-state index contributed by atoms with van der Waals surface area (Å²) >= 11 is 0. The van der Waals surface area contributed by atoms with Gasteiger partial charge in [-0.15, -0.1) is 0 Å². The van der Waals surface area contributed by atoms with Crippen LogP contribution in [-0.4, -0.2) is 17.2 Å². The molecule has 0 heterocycles. The molecule has 0 aliphatic carbocycles. The lowest BCUT2D eigenvalue weighted by Gasteiger charge is -2.17. The Morgan fingerprint density at radius 1 is 1.00 bits per heavy atom. The van der Waals surface area contributed by atoms with Crippen molar-refractivity contribution in [2.24, 2.45) is 0 Å². The lowest BCUT2D eigenvalue weighted by atomic mass is 9.74. The molecule has 0 amide bonds. The van der Waals surface area contributed by atoms with E-state index in [2.05, 4.69) is 0 Å². The summed E-state index contributed by atoms with van der Waals surface area (Å²) in [6, 6.07) is 11.7. The zero-order valence-corrected chi connectivity index (χ0v) is 12.1. The summed E-state index contributed by atoms with van der Waals surface area (Å²) in [5.41, 5.74) is 4.49. The molecular weight excluding hydrogens is 251 g/mol.